The Hall–Kier alpha value is -1.40. The van der Waals surface area contributed by atoms with E-state index in [1.54, 1.807) is 0 Å². The highest BCUT2D eigenvalue weighted by Gasteiger charge is 2.22. The Morgan fingerprint density at radius 3 is 2.95 bits per heavy atom. The van der Waals surface area contributed by atoms with E-state index < -0.39 is 0 Å². The second kappa shape index (κ2) is 6.16. The lowest BCUT2D eigenvalue weighted by molar-refractivity contribution is 0.00335. The molecule has 1 fully saturated rings. The predicted octanol–water partition coefficient (Wildman–Crippen LogP) is 0.839. The van der Waals surface area contributed by atoms with Gasteiger partial charge in [-0.25, -0.2) is 9.97 Å². The van der Waals surface area contributed by atoms with Crippen LogP contribution in [-0.2, 0) is 4.74 Å². The van der Waals surface area contributed by atoms with Crippen molar-refractivity contribution in [3.8, 4) is 0 Å². The van der Waals surface area contributed by atoms with E-state index in [0.717, 1.165) is 24.0 Å². The smallest absolute Gasteiger partial charge is 0.135 e. The van der Waals surface area contributed by atoms with E-state index in [0.29, 0.717) is 13.2 Å². The van der Waals surface area contributed by atoms with Crippen molar-refractivity contribution in [2.75, 3.05) is 43.6 Å². The van der Waals surface area contributed by atoms with Crippen LogP contribution in [0.2, 0.25) is 0 Å². The number of rotatable bonds is 4. The van der Waals surface area contributed by atoms with Crippen molar-refractivity contribution in [1.29, 1.82) is 0 Å². The molecule has 0 amide bonds. The molecule has 1 aliphatic rings. The van der Waals surface area contributed by atoms with Gasteiger partial charge in [0.1, 0.15) is 17.5 Å². The molecule has 1 aliphatic heterocycles. The van der Waals surface area contributed by atoms with Crippen LogP contribution in [0.4, 0.5) is 11.6 Å². The molecule has 0 bridgehead atoms. The highest BCUT2D eigenvalue weighted by molar-refractivity contribution is 5.49. The third-order valence-electron chi connectivity index (χ3n) is 3.17. The highest BCUT2D eigenvalue weighted by Crippen LogP contribution is 2.21. The lowest BCUT2D eigenvalue weighted by atomic mass is 10.2. The van der Waals surface area contributed by atoms with Crippen LogP contribution in [0.1, 0.15) is 25.6 Å². The molecule has 6 nitrogen and oxygen atoms in total. The molecule has 19 heavy (non-hydrogen) atoms. The number of hydrogen-bond acceptors (Lipinski definition) is 6. The number of aliphatic hydroxyl groups is 1. The van der Waals surface area contributed by atoms with Crippen LogP contribution in [0.5, 0.6) is 0 Å². The van der Waals surface area contributed by atoms with Crippen molar-refractivity contribution in [3.63, 3.8) is 0 Å². The van der Waals surface area contributed by atoms with Crippen LogP contribution < -0.4 is 10.2 Å². The summed E-state index contributed by atoms with van der Waals surface area (Å²) >= 11 is 0. The zero-order valence-electron chi connectivity index (χ0n) is 11.8. The quantitative estimate of drug-likeness (QED) is 0.841. The second-order valence-corrected chi connectivity index (χ2v) is 5.00. The summed E-state index contributed by atoms with van der Waals surface area (Å²) in [5.41, 5.74) is 0. The largest absolute Gasteiger partial charge is 0.394 e. The van der Waals surface area contributed by atoms with Gasteiger partial charge in [0, 0.05) is 32.1 Å². The number of morpholine rings is 1. The molecular weight excluding hydrogens is 244 g/mol. The number of aliphatic hydroxyl groups excluding tert-OH is 1. The number of ether oxygens (including phenoxy) is 1. The Labute approximate surface area is 113 Å². The Morgan fingerprint density at radius 1 is 1.53 bits per heavy atom. The Bertz CT molecular complexity index is 425. The third kappa shape index (κ3) is 3.33. The fourth-order valence-electron chi connectivity index (χ4n) is 2.04. The van der Waals surface area contributed by atoms with E-state index in [9.17, 15) is 5.11 Å². The summed E-state index contributed by atoms with van der Waals surface area (Å²) in [6.45, 7) is 6.25. The molecule has 0 radical (unpaired) electrons. The first-order valence-electron chi connectivity index (χ1n) is 6.68. The van der Waals surface area contributed by atoms with E-state index in [1.807, 2.05) is 13.1 Å². The van der Waals surface area contributed by atoms with Crippen LogP contribution >= 0.6 is 0 Å². The number of aromatic nitrogens is 2. The molecule has 0 saturated carbocycles. The van der Waals surface area contributed by atoms with Crippen molar-refractivity contribution < 1.29 is 9.84 Å². The van der Waals surface area contributed by atoms with Crippen LogP contribution in [0, 0.1) is 0 Å². The fraction of sp³-hybridized carbons (Fsp3) is 0.692. The maximum atomic E-state index is 9.20. The third-order valence-corrected chi connectivity index (χ3v) is 3.17. The topological polar surface area (TPSA) is 70.5 Å². The summed E-state index contributed by atoms with van der Waals surface area (Å²) in [6.07, 6.45) is -0.135. The molecule has 0 aliphatic carbocycles. The van der Waals surface area contributed by atoms with E-state index in [4.69, 9.17) is 4.74 Å². The van der Waals surface area contributed by atoms with Gasteiger partial charge in [-0.15, -0.1) is 0 Å². The highest BCUT2D eigenvalue weighted by atomic mass is 16.5. The van der Waals surface area contributed by atoms with E-state index in [1.165, 1.54) is 0 Å². The Kier molecular flexibility index (Phi) is 4.55. The summed E-state index contributed by atoms with van der Waals surface area (Å²) < 4.78 is 5.46. The minimum atomic E-state index is -0.135. The van der Waals surface area contributed by atoms with Gasteiger partial charge >= 0.3 is 0 Å². The number of nitrogens with zero attached hydrogens (tertiary/aromatic N) is 3. The van der Waals surface area contributed by atoms with Crippen LogP contribution in [0.3, 0.4) is 0 Å². The van der Waals surface area contributed by atoms with E-state index in [2.05, 4.69) is 34.0 Å². The molecule has 1 aromatic rings. The average molecular weight is 266 g/mol. The van der Waals surface area contributed by atoms with Crippen molar-refractivity contribution in [2.45, 2.75) is 25.9 Å². The maximum absolute atomic E-state index is 9.20. The first-order chi connectivity index (χ1) is 9.13. The summed E-state index contributed by atoms with van der Waals surface area (Å²) in [5, 5.41) is 12.3. The monoisotopic (exact) mass is 266 g/mol. The molecule has 106 valence electrons. The normalized spacial score (nSPS) is 19.8. The molecule has 1 aromatic heterocycles. The standard InChI is InChI=1S/C13H22N4O2/c1-9(2)13-15-11(14-3)6-12(16-13)17-4-5-19-10(7-17)8-18/h6,9-10,18H,4-5,7-8H2,1-3H3,(H,14,15,16). The Morgan fingerprint density at radius 2 is 2.32 bits per heavy atom. The van der Waals surface area contributed by atoms with Crippen LogP contribution in [0.25, 0.3) is 0 Å². The summed E-state index contributed by atoms with van der Waals surface area (Å²) in [5.74, 6) is 2.82. The average Bonchev–Trinajstić information content (AvgIpc) is 2.46. The van der Waals surface area contributed by atoms with Gasteiger partial charge < -0.3 is 20.1 Å². The van der Waals surface area contributed by atoms with Gasteiger partial charge in [-0.1, -0.05) is 13.8 Å². The number of anilines is 2. The summed E-state index contributed by atoms with van der Waals surface area (Å²) in [7, 11) is 1.85. The van der Waals surface area contributed by atoms with Crippen molar-refractivity contribution in [3.05, 3.63) is 11.9 Å². The summed E-state index contributed by atoms with van der Waals surface area (Å²) in [4.78, 5) is 11.2. The lowest BCUT2D eigenvalue weighted by Gasteiger charge is -2.33. The fourth-order valence-corrected chi connectivity index (χ4v) is 2.04. The first-order valence-corrected chi connectivity index (χ1v) is 6.68. The molecule has 1 unspecified atom stereocenters. The van der Waals surface area contributed by atoms with Gasteiger partial charge in [0.2, 0.25) is 0 Å². The molecule has 1 atom stereocenters. The maximum Gasteiger partial charge on any atom is 0.135 e. The van der Waals surface area contributed by atoms with Gasteiger partial charge in [-0.3, -0.25) is 0 Å². The van der Waals surface area contributed by atoms with Gasteiger partial charge in [-0.2, -0.15) is 0 Å². The predicted molar refractivity (Wildman–Crippen MR) is 74.7 cm³/mol. The molecule has 2 heterocycles. The van der Waals surface area contributed by atoms with Crippen molar-refractivity contribution in [1.82, 2.24) is 9.97 Å². The van der Waals surface area contributed by atoms with Crippen molar-refractivity contribution in [2.24, 2.45) is 0 Å². The molecule has 0 aromatic carbocycles. The minimum Gasteiger partial charge on any atom is -0.394 e. The van der Waals surface area contributed by atoms with Gasteiger partial charge in [0.15, 0.2) is 0 Å². The van der Waals surface area contributed by atoms with Crippen LogP contribution in [-0.4, -0.2) is 54.5 Å². The van der Waals surface area contributed by atoms with Crippen molar-refractivity contribution >= 4 is 11.6 Å². The second-order valence-electron chi connectivity index (χ2n) is 5.00. The van der Waals surface area contributed by atoms with Gasteiger partial charge in [0.05, 0.1) is 19.3 Å². The molecule has 6 heteroatoms. The Balaban J connectivity index is 2.25. The van der Waals surface area contributed by atoms with Crippen LogP contribution in [0.15, 0.2) is 6.07 Å². The number of hydrogen-bond donors (Lipinski definition) is 2. The minimum absolute atomic E-state index is 0.0392. The SMILES string of the molecule is CNc1cc(N2CCOC(CO)C2)nc(C(C)C)n1. The lowest BCUT2D eigenvalue weighted by Crippen LogP contribution is -2.44. The first kappa shape index (κ1) is 14.0. The molecule has 2 rings (SSSR count). The van der Waals surface area contributed by atoms with Gasteiger partial charge in [-0.05, 0) is 0 Å². The van der Waals surface area contributed by atoms with E-state index >= 15 is 0 Å². The molecular formula is C13H22N4O2. The zero-order valence-corrected chi connectivity index (χ0v) is 11.8. The molecule has 2 N–H and O–H groups in total. The molecule has 0 spiro atoms. The van der Waals surface area contributed by atoms with E-state index in [-0.39, 0.29) is 18.6 Å². The molecule has 1 saturated heterocycles. The summed E-state index contributed by atoms with van der Waals surface area (Å²) in [6, 6.07) is 1.94. The zero-order chi connectivity index (χ0) is 13.8. The number of nitrogens with one attached hydrogen (secondary N) is 1. The van der Waals surface area contributed by atoms with Gasteiger partial charge in [0.25, 0.3) is 0 Å².